The van der Waals surface area contributed by atoms with E-state index in [0.29, 0.717) is 6.42 Å². The molecule has 0 radical (unpaired) electrons. The molecule has 1 heterocycles. The lowest BCUT2D eigenvalue weighted by Crippen LogP contribution is -2.16. The van der Waals surface area contributed by atoms with Crippen LogP contribution in [-0.4, -0.2) is 15.7 Å². The molecule has 0 aliphatic carbocycles. The summed E-state index contributed by atoms with van der Waals surface area (Å²) in [5.74, 6) is -0.0244. The Balaban J connectivity index is 2.22. The van der Waals surface area contributed by atoms with Gasteiger partial charge in [-0.3, -0.25) is 4.79 Å². The number of carbonyl (C=O) groups is 1. The average Bonchev–Trinajstić information content (AvgIpc) is 2.60. The number of hydrogen-bond donors (Lipinski definition) is 0. The highest BCUT2D eigenvalue weighted by Gasteiger charge is 2.14. The van der Waals surface area contributed by atoms with Crippen molar-refractivity contribution in [3.8, 4) is 0 Å². The van der Waals surface area contributed by atoms with E-state index in [9.17, 15) is 4.79 Å². The standard InChI is InChI=1S/C13H12Br2N2O/c1-8-13(15)9(2)17(16-8)12(18)7-10-3-5-11(14)6-4-10/h3-6H,7H2,1-2H3. The summed E-state index contributed by atoms with van der Waals surface area (Å²) < 4.78 is 3.36. The Morgan fingerprint density at radius 3 is 2.33 bits per heavy atom. The minimum absolute atomic E-state index is 0.0244. The van der Waals surface area contributed by atoms with Gasteiger partial charge in [-0.1, -0.05) is 28.1 Å². The van der Waals surface area contributed by atoms with Crippen molar-refractivity contribution >= 4 is 37.8 Å². The van der Waals surface area contributed by atoms with E-state index in [-0.39, 0.29) is 5.91 Å². The zero-order chi connectivity index (χ0) is 13.3. The van der Waals surface area contributed by atoms with Crippen LogP contribution in [0.5, 0.6) is 0 Å². The van der Waals surface area contributed by atoms with Gasteiger partial charge in [-0.25, -0.2) is 4.68 Å². The molecule has 2 aromatic rings. The van der Waals surface area contributed by atoms with Gasteiger partial charge in [0.1, 0.15) is 0 Å². The quantitative estimate of drug-likeness (QED) is 0.802. The number of hydrogen-bond acceptors (Lipinski definition) is 2. The highest BCUT2D eigenvalue weighted by Crippen LogP contribution is 2.20. The summed E-state index contributed by atoms with van der Waals surface area (Å²) in [6.45, 7) is 3.75. The first-order chi connectivity index (χ1) is 8.49. The molecule has 1 aromatic heterocycles. The van der Waals surface area contributed by atoms with E-state index < -0.39 is 0 Å². The highest BCUT2D eigenvalue weighted by atomic mass is 79.9. The predicted molar refractivity (Wildman–Crippen MR) is 77.9 cm³/mol. The molecule has 0 aliphatic heterocycles. The van der Waals surface area contributed by atoms with E-state index in [0.717, 1.165) is 25.9 Å². The molecular weight excluding hydrogens is 360 g/mol. The van der Waals surface area contributed by atoms with Crippen molar-refractivity contribution in [1.29, 1.82) is 0 Å². The lowest BCUT2D eigenvalue weighted by atomic mass is 10.1. The third-order valence-electron chi connectivity index (χ3n) is 2.71. The molecule has 0 atom stereocenters. The molecule has 0 saturated carbocycles. The van der Waals surface area contributed by atoms with E-state index in [1.54, 1.807) is 0 Å². The summed E-state index contributed by atoms with van der Waals surface area (Å²) in [5.41, 5.74) is 2.65. The van der Waals surface area contributed by atoms with Crippen LogP contribution in [0, 0.1) is 13.8 Å². The van der Waals surface area contributed by atoms with Gasteiger partial charge in [0.05, 0.1) is 22.3 Å². The maximum atomic E-state index is 12.2. The first-order valence-corrected chi connectivity index (χ1v) is 7.07. The van der Waals surface area contributed by atoms with Crippen LogP contribution < -0.4 is 0 Å². The van der Waals surface area contributed by atoms with Crippen molar-refractivity contribution in [1.82, 2.24) is 9.78 Å². The topological polar surface area (TPSA) is 34.9 Å². The SMILES string of the molecule is Cc1nn(C(=O)Cc2ccc(Br)cc2)c(C)c1Br. The van der Waals surface area contributed by atoms with Crippen molar-refractivity contribution < 1.29 is 4.79 Å². The smallest absolute Gasteiger partial charge is 0.251 e. The molecule has 94 valence electrons. The lowest BCUT2D eigenvalue weighted by Gasteiger charge is -2.03. The monoisotopic (exact) mass is 370 g/mol. The molecule has 18 heavy (non-hydrogen) atoms. The largest absolute Gasteiger partial charge is 0.272 e. The number of rotatable bonds is 2. The Kier molecular flexibility index (Phi) is 4.02. The number of aryl methyl sites for hydroxylation is 1. The minimum Gasteiger partial charge on any atom is -0.272 e. The van der Waals surface area contributed by atoms with E-state index in [1.165, 1.54) is 4.68 Å². The number of halogens is 2. The molecule has 5 heteroatoms. The molecule has 2 rings (SSSR count). The van der Waals surface area contributed by atoms with Crippen LogP contribution in [-0.2, 0) is 6.42 Å². The van der Waals surface area contributed by atoms with Crippen LogP contribution in [0.1, 0.15) is 21.7 Å². The van der Waals surface area contributed by atoms with Gasteiger partial charge in [-0.2, -0.15) is 5.10 Å². The summed E-state index contributed by atoms with van der Waals surface area (Å²) in [6, 6.07) is 7.73. The third kappa shape index (κ3) is 2.72. The first kappa shape index (κ1) is 13.5. The fraction of sp³-hybridized carbons (Fsp3) is 0.231. The van der Waals surface area contributed by atoms with Crippen LogP contribution in [0.4, 0.5) is 0 Å². The van der Waals surface area contributed by atoms with Crippen LogP contribution in [0.15, 0.2) is 33.2 Å². The Labute approximate surface area is 122 Å². The van der Waals surface area contributed by atoms with Crippen molar-refractivity contribution in [2.24, 2.45) is 0 Å². The Morgan fingerprint density at radius 1 is 1.22 bits per heavy atom. The summed E-state index contributed by atoms with van der Waals surface area (Å²) in [6.07, 6.45) is 0.349. The van der Waals surface area contributed by atoms with Gasteiger partial charge in [0.25, 0.3) is 5.91 Å². The van der Waals surface area contributed by atoms with Crippen molar-refractivity contribution in [3.05, 3.63) is 50.2 Å². The normalized spacial score (nSPS) is 10.7. The molecule has 0 aliphatic rings. The van der Waals surface area contributed by atoms with Crippen molar-refractivity contribution in [2.45, 2.75) is 20.3 Å². The molecule has 0 saturated heterocycles. The maximum absolute atomic E-state index is 12.2. The fourth-order valence-electron chi connectivity index (χ4n) is 1.72. The van der Waals surface area contributed by atoms with Crippen LogP contribution >= 0.6 is 31.9 Å². The number of benzene rings is 1. The van der Waals surface area contributed by atoms with Gasteiger partial charge in [-0.05, 0) is 47.5 Å². The first-order valence-electron chi connectivity index (χ1n) is 5.48. The summed E-state index contributed by atoms with van der Waals surface area (Å²) >= 11 is 6.79. The molecule has 0 amide bonds. The zero-order valence-corrected chi connectivity index (χ0v) is 13.2. The number of aromatic nitrogens is 2. The number of nitrogens with zero attached hydrogens (tertiary/aromatic N) is 2. The van der Waals surface area contributed by atoms with Crippen LogP contribution in [0.25, 0.3) is 0 Å². The van der Waals surface area contributed by atoms with Gasteiger partial charge in [0, 0.05) is 4.47 Å². The van der Waals surface area contributed by atoms with Crippen LogP contribution in [0.3, 0.4) is 0 Å². The molecule has 3 nitrogen and oxygen atoms in total. The Hall–Kier alpha value is -0.940. The van der Waals surface area contributed by atoms with Gasteiger partial charge < -0.3 is 0 Å². The molecule has 0 unspecified atom stereocenters. The molecular formula is C13H12Br2N2O. The Bertz CT molecular complexity index is 588. The minimum atomic E-state index is -0.0244. The lowest BCUT2D eigenvalue weighted by molar-refractivity contribution is 0.0895. The Morgan fingerprint density at radius 2 is 1.83 bits per heavy atom. The number of carbonyl (C=O) groups excluding carboxylic acids is 1. The average molecular weight is 372 g/mol. The molecule has 0 fully saturated rings. The van der Waals surface area contributed by atoms with Crippen molar-refractivity contribution in [2.75, 3.05) is 0 Å². The second kappa shape index (κ2) is 5.36. The van der Waals surface area contributed by atoms with Crippen molar-refractivity contribution in [3.63, 3.8) is 0 Å². The molecule has 0 N–H and O–H groups in total. The summed E-state index contributed by atoms with van der Waals surface area (Å²) in [4.78, 5) is 12.2. The summed E-state index contributed by atoms with van der Waals surface area (Å²) in [7, 11) is 0. The van der Waals surface area contributed by atoms with E-state index in [1.807, 2.05) is 38.1 Å². The third-order valence-corrected chi connectivity index (χ3v) is 4.38. The highest BCUT2D eigenvalue weighted by molar-refractivity contribution is 9.10. The van der Waals surface area contributed by atoms with E-state index in [4.69, 9.17) is 0 Å². The predicted octanol–water partition coefficient (Wildman–Crippen LogP) is 3.91. The zero-order valence-electron chi connectivity index (χ0n) is 10.1. The summed E-state index contributed by atoms with van der Waals surface area (Å²) in [5, 5.41) is 4.23. The molecule has 0 bridgehead atoms. The second-order valence-electron chi connectivity index (χ2n) is 4.09. The maximum Gasteiger partial charge on any atom is 0.251 e. The van der Waals surface area contributed by atoms with E-state index in [2.05, 4.69) is 37.0 Å². The van der Waals surface area contributed by atoms with Gasteiger partial charge in [0.15, 0.2) is 0 Å². The molecule has 1 aromatic carbocycles. The van der Waals surface area contributed by atoms with Crippen LogP contribution in [0.2, 0.25) is 0 Å². The molecule has 0 spiro atoms. The fourth-order valence-corrected chi connectivity index (χ4v) is 2.23. The van der Waals surface area contributed by atoms with E-state index >= 15 is 0 Å². The second-order valence-corrected chi connectivity index (χ2v) is 5.80. The van der Waals surface area contributed by atoms with Gasteiger partial charge in [0.2, 0.25) is 0 Å². The van der Waals surface area contributed by atoms with Gasteiger partial charge >= 0.3 is 0 Å². The van der Waals surface area contributed by atoms with Gasteiger partial charge in [-0.15, -0.1) is 0 Å².